The van der Waals surface area contributed by atoms with E-state index < -0.39 is 21.0 Å². The Hall–Kier alpha value is -2.72. The van der Waals surface area contributed by atoms with E-state index >= 15 is 0 Å². The minimum atomic E-state index is -3.76. The van der Waals surface area contributed by atoms with Gasteiger partial charge in [0, 0.05) is 25.4 Å². The first-order chi connectivity index (χ1) is 14.2. The highest BCUT2D eigenvalue weighted by Gasteiger charge is 2.20. The molecule has 3 aromatic rings. The number of rotatable bonds is 7. The Bertz CT molecular complexity index is 1300. The zero-order chi connectivity index (χ0) is 22.1. The van der Waals surface area contributed by atoms with E-state index in [1.165, 1.54) is 48.2 Å². The summed E-state index contributed by atoms with van der Waals surface area (Å²) in [6, 6.07) is 7.94. The van der Waals surface area contributed by atoms with Crippen molar-refractivity contribution in [2.75, 3.05) is 5.75 Å². The molecule has 1 aromatic carbocycles. The van der Waals surface area contributed by atoms with E-state index in [2.05, 4.69) is 5.32 Å². The maximum absolute atomic E-state index is 12.8. The third kappa shape index (κ3) is 4.24. The van der Waals surface area contributed by atoms with Gasteiger partial charge >= 0.3 is 11.1 Å². The fourth-order valence-electron chi connectivity index (χ4n) is 3.23. The smallest absolute Gasteiger partial charge is 0.316 e. The predicted octanol–water partition coefficient (Wildman–Crippen LogP) is 1.73. The number of carbonyl (C=O) groups is 1. The highest BCUT2D eigenvalue weighted by molar-refractivity contribution is 7.91. The molecule has 3 rings (SSSR count). The maximum atomic E-state index is 12.8. The van der Waals surface area contributed by atoms with E-state index in [-0.39, 0.29) is 29.0 Å². The van der Waals surface area contributed by atoms with Gasteiger partial charge in [0.1, 0.15) is 0 Å². The number of fused-ring (bicyclic) bond motifs is 1. The van der Waals surface area contributed by atoms with Gasteiger partial charge in [-0.1, -0.05) is 13.0 Å². The van der Waals surface area contributed by atoms with Gasteiger partial charge in [-0.05, 0) is 36.1 Å². The number of aromatic nitrogens is 2. The van der Waals surface area contributed by atoms with Gasteiger partial charge in [-0.25, -0.2) is 8.42 Å². The number of amides is 1. The second kappa shape index (κ2) is 8.57. The first kappa shape index (κ1) is 22.0. The molecule has 160 valence electrons. The van der Waals surface area contributed by atoms with Crippen molar-refractivity contribution in [1.29, 1.82) is 0 Å². The quantitative estimate of drug-likeness (QED) is 0.553. The summed E-state index contributed by atoms with van der Waals surface area (Å²) < 4.78 is 27.9. The molecule has 1 amide bonds. The van der Waals surface area contributed by atoms with Crippen LogP contribution in [0.1, 0.15) is 30.7 Å². The number of nitrogens with zero attached hydrogens (tertiary/aromatic N) is 2. The summed E-state index contributed by atoms with van der Waals surface area (Å²) in [5.74, 6) is -0.695. The summed E-state index contributed by atoms with van der Waals surface area (Å²) in [4.78, 5) is 37.3. The molecule has 0 bridgehead atoms. The molecule has 0 aliphatic carbocycles. The average Bonchev–Trinajstić information content (AvgIpc) is 3.27. The molecule has 1 N–H and O–H groups in total. The fraction of sp³-hybridized carbons (Fsp3) is 0.350. The molecule has 8 nitrogen and oxygen atoms in total. The van der Waals surface area contributed by atoms with Gasteiger partial charge in [0.25, 0.3) is 0 Å². The molecule has 2 heterocycles. The summed E-state index contributed by atoms with van der Waals surface area (Å²) in [5, 5.41) is 4.80. The number of carbonyl (C=O) groups excluding carboxylic acids is 1. The molecular formula is C20H23N3O5S2. The van der Waals surface area contributed by atoms with E-state index in [9.17, 15) is 22.8 Å². The van der Waals surface area contributed by atoms with Crippen molar-refractivity contribution in [2.45, 2.75) is 30.7 Å². The Kier molecular flexibility index (Phi) is 6.27. The normalized spacial score (nSPS) is 12.8. The largest absolute Gasteiger partial charge is 0.348 e. The number of nitrogens with one attached hydrogen (secondary N) is 1. The molecule has 1 atom stereocenters. The van der Waals surface area contributed by atoms with Crippen molar-refractivity contribution in [2.24, 2.45) is 14.1 Å². The third-order valence-corrected chi connectivity index (χ3v) is 7.75. The number of benzene rings is 1. The molecule has 0 saturated carbocycles. The highest BCUT2D eigenvalue weighted by Crippen LogP contribution is 2.22. The molecule has 0 radical (unpaired) electrons. The number of sulfone groups is 1. The lowest BCUT2D eigenvalue weighted by molar-refractivity contribution is -0.121. The van der Waals surface area contributed by atoms with E-state index in [4.69, 9.17) is 0 Å². The predicted molar refractivity (Wildman–Crippen MR) is 117 cm³/mol. The lowest BCUT2D eigenvalue weighted by Crippen LogP contribution is -2.39. The maximum Gasteiger partial charge on any atom is 0.316 e. The molecule has 0 spiro atoms. The standard InChI is InChI=1S/C20H23N3O5S2/c1-4-14(17-6-5-10-29-17)21-18(24)9-11-30(27,28)13-7-8-15-16(12-13)23(3)20(26)19(25)22(15)2/h5-8,10,12,14H,4,9,11H2,1-3H3,(H,21,24). The lowest BCUT2D eigenvalue weighted by Gasteiger charge is -2.15. The topological polar surface area (TPSA) is 107 Å². The van der Waals surface area contributed by atoms with E-state index in [1.54, 1.807) is 0 Å². The molecule has 0 aliphatic heterocycles. The van der Waals surface area contributed by atoms with Crippen LogP contribution in [0.4, 0.5) is 0 Å². The van der Waals surface area contributed by atoms with E-state index in [0.29, 0.717) is 17.5 Å². The van der Waals surface area contributed by atoms with Crippen molar-refractivity contribution in [3.8, 4) is 0 Å². The monoisotopic (exact) mass is 449 g/mol. The summed E-state index contributed by atoms with van der Waals surface area (Å²) in [6.45, 7) is 1.95. The van der Waals surface area contributed by atoms with Crippen molar-refractivity contribution >= 4 is 38.1 Å². The van der Waals surface area contributed by atoms with Crippen molar-refractivity contribution in [1.82, 2.24) is 14.5 Å². The van der Waals surface area contributed by atoms with Crippen LogP contribution in [0.2, 0.25) is 0 Å². The zero-order valence-corrected chi connectivity index (χ0v) is 18.5. The molecule has 1 unspecified atom stereocenters. The molecule has 30 heavy (non-hydrogen) atoms. The Morgan fingerprint density at radius 1 is 1.10 bits per heavy atom. The Morgan fingerprint density at radius 2 is 1.77 bits per heavy atom. The minimum Gasteiger partial charge on any atom is -0.348 e. The summed E-state index contributed by atoms with van der Waals surface area (Å²) in [5.41, 5.74) is -0.650. The molecule has 0 fully saturated rings. The van der Waals surface area contributed by atoms with Crippen LogP contribution in [0.25, 0.3) is 11.0 Å². The van der Waals surface area contributed by atoms with Gasteiger partial charge in [-0.15, -0.1) is 11.3 Å². The number of hydrogen-bond acceptors (Lipinski definition) is 6. The van der Waals surface area contributed by atoms with Crippen LogP contribution in [0.5, 0.6) is 0 Å². The van der Waals surface area contributed by atoms with Crippen molar-refractivity contribution < 1.29 is 13.2 Å². The second-order valence-corrected chi connectivity index (χ2v) is 10.1. The third-order valence-electron chi connectivity index (χ3n) is 5.05. The number of hydrogen-bond donors (Lipinski definition) is 1. The number of thiophene rings is 1. The van der Waals surface area contributed by atoms with E-state index in [1.807, 2.05) is 24.4 Å². The number of aryl methyl sites for hydroxylation is 2. The molecule has 2 aromatic heterocycles. The van der Waals surface area contributed by atoms with Crippen LogP contribution in [0, 0.1) is 0 Å². The van der Waals surface area contributed by atoms with Crippen molar-refractivity contribution in [3.63, 3.8) is 0 Å². The second-order valence-electron chi connectivity index (χ2n) is 6.99. The van der Waals surface area contributed by atoms with Crippen LogP contribution in [-0.2, 0) is 28.7 Å². The fourth-order valence-corrected chi connectivity index (χ4v) is 5.35. The minimum absolute atomic E-state index is 0.00162. The highest BCUT2D eigenvalue weighted by atomic mass is 32.2. The Morgan fingerprint density at radius 3 is 2.37 bits per heavy atom. The van der Waals surface area contributed by atoms with Crippen LogP contribution in [0.3, 0.4) is 0 Å². The zero-order valence-electron chi connectivity index (χ0n) is 16.9. The van der Waals surface area contributed by atoms with Gasteiger partial charge in [-0.3, -0.25) is 14.4 Å². The van der Waals surface area contributed by atoms with Crippen LogP contribution in [0.15, 0.2) is 50.2 Å². The first-order valence-corrected chi connectivity index (χ1v) is 11.9. The van der Waals surface area contributed by atoms with Crippen LogP contribution < -0.4 is 16.4 Å². The molecular weight excluding hydrogens is 426 g/mol. The van der Waals surface area contributed by atoms with Gasteiger partial charge in [0.2, 0.25) is 5.91 Å². The average molecular weight is 450 g/mol. The molecule has 0 saturated heterocycles. The summed E-state index contributed by atoms with van der Waals surface area (Å²) in [7, 11) is -0.874. The van der Waals surface area contributed by atoms with E-state index in [0.717, 1.165) is 9.44 Å². The molecule has 10 heteroatoms. The van der Waals surface area contributed by atoms with Gasteiger partial charge in [0.05, 0.1) is 27.7 Å². The van der Waals surface area contributed by atoms with Crippen LogP contribution >= 0.6 is 11.3 Å². The van der Waals surface area contributed by atoms with Crippen molar-refractivity contribution in [3.05, 3.63) is 61.3 Å². The van der Waals surface area contributed by atoms with Crippen LogP contribution in [-0.4, -0.2) is 29.2 Å². The van der Waals surface area contributed by atoms with Gasteiger partial charge in [0.15, 0.2) is 9.84 Å². The summed E-state index contributed by atoms with van der Waals surface area (Å²) in [6.07, 6.45) is 0.533. The SMILES string of the molecule is CCC(NC(=O)CCS(=O)(=O)c1ccc2c(c1)n(C)c(=O)c(=O)n2C)c1cccs1. The first-order valence-electron chi connectivity index (χ1n) is 9.41. The Labute approximate surface area is 177 Å². The van der Waals surface area contributed by atoms with Gasteiger partial charge < -0.3 is 14.5 Å². The lowest BCUT2D eigenvalue weighted by atomic mass is 10.2. The molecule has 0 aliphatic rings. The summed E-state index contributed by atoms with van der Waals surface area (Å²) >= 11 is 1.54. The van der Waals surface area contributed by atoms with Gasteiger partial charge in [-0.2, -0.15) is 0 Å². The Balaban J connectivity index is 1.80.